The van der Waals surface area contributed by atoms with Gasteiger partial charge >= 0.3 is 0 Å². The van der Waals surface area contributed by atoms with Gasteiger partial charge in [0.25, 0.3) is 0 Å². The Labute approximate surface area is 120 Å². The number of hydrogen-bond donors (Lipinski definition) is 0. The molecule has 0 unspecified atom stereocenters. The molecule has 110 valence electrons. The summed E-state index contributed by atoms with van der Waals surface area (Å²) >= 11 is 0. The summed E-state index contributed by atoms with van der Waals surface area (Å²) in [7, 11) is 0. The molecule has 21 heavy (non-hydrogen) atoms. The monoisotopic (exact) mass is 294 g/mol. The molecule has 0 N–H and O–H groups in total. The number of carbonyl (C=O) groups is 1. The molecule has 2 nitrogen and oxygen atoms in total. The van der Waals surface area contributed by atoms with Gasteiger partial charge in [0.2, 0.25) is 0 Å². The van der Waals surface area contributed by atoms with E-state index < -0.39 is 28.8 Å². The van der Waals surface area contributed by atoms with Crippen LogP contribution >= 0.6 is 0 Å². The van der Waals surface area contributed by atoms with E-state index in [0.717, 1.165) is 0 Å². The number of ketones is 1. The summed E-state index contributed by atoms with van der Waals surface area (Å²) in [4.78, 5) is 12.2. The maximum absolute atomic E-state index is 13.6. The molecule has 0 saturated carbocycles. The second kappa shape index (κ2) is 5.99. The summed E-state index contributed by atoms with van der Waals surface area (Å²) in [6, 6.07) is 6.94. The molecule has 2 aromatic rings. The smallest absolute Gasteiger partial charge is 0.199 e. The molecule has 0 atom stereocenters. The zero-order chi connectivity index (χ0) is 15.6. The first-order valence-electron chi connectivity index (χ1n) is 6.34. The Morgan fingerprint density at radius 3 is 2.24 bits per heavy atom. The van der Waals surface area contributed by atoms with E-state index in [0.29, 0.717) is 17.9 Å². The number of halogens is 3. The first kappa shape index (κ1) is 15.1. The third-order valence-electron chi connectivity index (χ3n) is 2.70. The van der Waals surface area contributed by atoms with E-state index in [4.69, 9.17) is 4.74 Å². The molecule has 0 aliphatic rings. The molecule has 0 aliphatic carbocycles. The van der Waals surface area contributed by atoms with Crippen LogP contribution in [0.5, 0.6) is 5.75 Å². The molecular weight excluding hydrogens is 281 g/mol. The van der Waals surface area contributed by atoms with Crippen LogP contribution in [-0.4, -0.2) is 11.9 Å². The zero-order valence-electron chi connectivity index (χ0n) is 11.5. The molecule has 0 heterocycles. The minimum absolute atomic E-state index is 0.0672. The van der Waals surface area contributed by atoms with Gasteiger partial charge in [-0.05, 0) is 26.0 Å². The molecule has 0 amide bonds. The average Bonchev–Trinajstić information content (AvgIpc) is 2.36. The molecule has 2 rings (SSSR count). The van der Waals surface area contributed by atoms with E-state index in [1.54, 1.807) is 12.1 Å². The number of hydrogen-bond acceptors (Lipinski definition) is 2. The minimum Gasteiger partial charge on any atom is -0.491 e. The Morgan fingerprint density at radius 2 is 1.67 bits per heavy atom. The van der Waals surface area contributed by atoms with Crippen LogP contribution in [0, 0.1) is 17.5 Å². The van der Waals surface area contributed by atoms with Crippen LogP contribution in [0.2, 0.25) is 0 Å². The van der Waals surface area contributed by atoms with Gasteiger partial charge in [0.15, 0.2) is 5.78 Å². The predicted molar refractivity (Wildman–Crippen MR) is 72.0 cm³/mol. The molecule has 2 aromatic carbocycles. The maximum Gasteiger partial charge on any atom is 0.199 e. The first-order chi connectivity index (χ1) is 9.88. The second-order valence-corrected chi connectivity index (χ2v) is 4.77. The molecule has 0 fully saturated rings. The highest BCUT2D eigenvalue weighted by molar-refractivity contribution is 6.09. The Morgan fingerprint density at radius 1 is 1.05 bits per heavy atom. The first-order valence-corrected chi connectivity index (χ1v) is 6.34. The average molecular weight is 294 g/mol. The topological polar surface area (TPSA) is 26.3 Å². The quantitative estimate of drug-likeness (QED) is 0.793. The number of carbonyl (C=O) groups excluding carboxylic acids is 1. The molecule has 0 spiro atoms. The van der Waals surface area contributed by atoms with Crippen molar-refractivity contribution in [1.82, 2.24) is 0 Å². The molecule has 0 radical (unpaired) electrons. The van der Waals surface area contributed by atoms with Crippen LogP contribution in [0.25, 0.3) is 0 Å². The van der Waals surface area contributed by atoms with Gasteiger partial charge < -0.3 is 4.74 Å². The van der Waals surface area contributed by atoms with Gasteiger partial charge in [0.05, 0.1) is 11.7 Å². The Hall–Kier alpha value is -2.30. The number of rotatable bonds is 4. The lowest BCUT2D eigenvalue weighted by Crippen LogP contribution is -2.10. The van der Waals surface area contributed by atoms with E-state index in [2.05, 4.69) is 0 Å². The fraction of sp³-hybridized carbons (Fsp3) is 0.188. The van der Waals surface area contributed by atoms with Crippen molar-refractivity contribution in [3.63, 3.8) is 0 Å². The lowest BCUT2D eigenvalue weighted by atomic mass is 10.0. The van der Waals surface area contributed by atoms with Gasteiger partial charge in [-0.15, -0.1) is 0 Å². The summed E-state index contributed by atoms with van der Waals surface area (Å²) < 4.78 is 45.5. The number of ether oxygens (including phenoxy) is 1. The maximum atomic E-state index is 13.6. The highest BCUT2D eigenvalue weighted by Crippen LogP contribution is 2.22. The Kier molecular flexibility index (Phi) is 4.31. The van der Waals surface area contributed by atoms with E-state index in [-0.39, 0.29) is 11.7 Å². The van der Waals surface area contributed by atoms with Crippen LogP contribution < -0.4 is 4.74 Å². The lowest BCUT2D eigenvalue weighted by molar-refractivity contribution is 0.103. The van der Waals surface area contributed by atoms with E-state index in [9.17, 15) is 18.0 Å². The van der Waals surface area contributed by atoms with Crippen molar-refractivity contribution in [1.29, 1.82) is 0 Å². The summed E-state index contributed by atoms with van der Waals surface area (Å²) in [6.07, 6.45) is -0.102. The summed E-state index contributed by atoms with van der Waals surface area (Å²) in [5.41, 5.74) is -0.712. The van der Waals surface area contributed by atoms with Crippen molar-refractivity contribution in [3.05, 3.63) is 65.0 Å². The van der Waals surface area contributed by atoms with Crippen molar-refractivity contribution in [2.45, 2.75) is 20.0 Å². The third kappa shape index (κ3) is 3.42. The fourth-order valence-electron chi connectivity index (χ4n) is 1.89. The number of benzene rings is 2. The Bertz CT molecular complexity index is 658. The van der Waals surface area contributed by atoms with Crippen molar-refractivity contribution < 1.29 is 22.7 Å². The third-order valence-corrected chi connectivity index (χ3v) is 2.70. The molecule has 0 aliphatic heterocycles. The highest BCUT2D eigenvalue weighted by atomic mass is 19.1. The Balaban J connectivity index is 2.41. The standard InChI is InChI=1S/C16H13F3O2/c1-9(2)21-12-5-3-4-10(6-12)16(20)15-13(18)7-11(17)8-14(15)19/h3-9H,1-2H3. The van der Waals surface area contributed by atoms with Crippen molar-refractivity contribution in [3.8, 4) is 5.75 Å². The van der Waals surface area contributed by atoms with E-state index in [1.807, 2.05) is 13.8 Å². The van der Waals surface area contributed by atoms with E-state index in [1.165, 1.54) is 12.1 Å². The molecule has 0 bridgehead atoms. The van der Waals surface area contributed by atoms with Gasteiger partial charge in [0.1, 0.15) is 23.2 Å². The second-order valence-electron chi connectivity index (χ2n) is 4.77. The minimum atomic E-state index is -1.23. The lowest BCUT2D eigenvalue weighted by Gasteiger charge is -2.11. The van der Waals surface area contributed by atoms with Gasteiger partial charge in [-0.1, -0.05) is 12.1 Å². The van der Waals surface area contributed by atoms with Crippen LogP contribution in [0.4, 0.5) is 13.2 Å². The molecule has 0 aromatic heterocycles. The molecule has 5 heteroatoms. The van der Waals surface area contributed by atoms with Gasteiger partial charge in [-0.25, -0.2) is 13.2 Å². The highest BCUT2D eigenvalue weighted by Gasteiger charge is 2.20. The van der Waals surface area contributed by atoms with Crippen molar-refractivity contribution in [2.75, 3.05) is 0 Å². The van der Waals surface area contributed by atoms with Crippen molar-refractivity contribution in [2.24, 2.45) is 0 Å². The SMILES string of the molecule is CC(C)Oc1cccc(C(=O)c2c(F)cc(F)cc2F)c1. The predicted octanol–water partition coefficient (Wildman–Crippen LogP) is 4.12. The van der Waals surface area contributed by atoms with Crippen LogP contribution in [0.15, 0.2) is 36.4 Å². The largest absolute Gasteiger partial charge is 0.491 e. The van der Waals surface area contributed by atoms with Crippen molar-refractivity contribution >= 4 is 5.78 Å². The molecule has 0 saturated heterocycles. The van der Waals surface area contributed by atoms with Gasteiger partial charge in [-0.3, -0.25) is 4.79 Å². The normalized spacial score (nSPS) is 10.8. The van der Waals surface area contributed by atoms with E-state index >= 15 is 0 Å². The van der Waals surface area contributed by atoms with Crippen LogP contribution in [-0.2, 0) is 0 Å². The van der Waals surface area contributed by atoms with Crippen LogP contribution in [0.1, 0.15) is 29.8 Å². The fourth-order valence-corrected chi connectivity index (χ4v) is 1.89. The molecular formula is C16H13F3O2. The summed E-state index contributed by atoms with van der Waals surface area (Å²) in [5.74, 6) is -3.98. The zero-order valence-corrected chi connectivity index (χ0v) is 11.5. The van der Waals surface area contributed by atoms with Gasteiger partial charge in [0, 0.05) is 17.7 Å². The van der Waals surface area contributed by atoms with Crippen LogP contribution in [0.3, 0.4) is 0 Å². The summed E-state index contributed by atoms with van der Waals surface area (Å²) in [5, 5.41) is 0. The summed E-state index contributed by atoms with van der Waals surface area (Å²) in [6.45, 7) is 3.63. The van der Waals surface area contributed by atoms with Gasteiger partial charge in [-0.2, -0.15) is 0 Å².